The number of amides is 1. The average molecular weight is 305 g/mol. The third-order valence-corrected chi connectivity index (χ3v) is 4.31. The number of rotatable bonds is 2. The Morgan fingerprint density at radius 3 is 3.00 bits per heavy atom. The van der Waals surface area contributed by atoms with Gasteiger partial charge in [-0.1, -0.05) is 20.8 Å². The van der Waals surface area contributed by atoms with E-state index < -0.39 is 0 Å². The molecule has 2 aromatic rings. The molecule has 3 heterocycles. The zero-order valence-electron chi connectivity index (χ0n) is 12.4. The van der Waals surface area contributed by atoms with E-state index in [1.54, 1.807) is 6.33 Å². The Labute approximate surface area is 127 Å². The number of nitrogens with zero attached hydrogens (tertiary/aromatic N) is 2. The monoisotopic (exact) mass is 305 g/mol. The molecule has 0 bridgehead atoms. The van der Waals surface area contributed by atoms with E-state index >= 15 is 0 Å². The molecule has 2 aromatic heterocycles. The predicted octanol–water partition coefficient (Wildman–Crippen LogP) is 1.82. The summed E-state index contributed by atoms with van der Waals surface area (Å²) in [5.41, 5.74) is 3.01. The van der Waals surface area contributed by atoms with E-state index in [0.29, 0.717) is 18.1 Å². The molecular formula is C14H19N5OS. The fraction of sp³-hybridized carbons (Fsp3) is 0.500. The largest absolute Gasteiger partial charge is 0.347 e. The maximum atomic E-state index is 12.3. The first-order chi connectivity index (χ1) is 9.93. The third kappa shape index (κ3) is 2.98. The second-order valence-electron chi connectivity index (χ2n) is 6.24. The topological polar surface area (TPSA) is 82.7 Å². The number of thiazole rings is 1. The van der Waals surface area contributed by atoms with Crippen molar-refractivity contribution in [2.24, 2.45) is 0 Å². The fourth-order valence-corrected chi connectivity index (χ4v) is 3.16. The Morgan fingerprint density at radius 1 is 1.48 bits per heavy atom. The van der Waals surface area contributed by atoms with Gasteiger partial charge >= 0.3 is 0 Å². The molecular weight excluding hydrogens is 286 g/mol. The van der Waals surface area contributed by atoms with Crippen LogP contribution in [0.25, 0.3) is 0 Å². The van der Waals surface area contributed by atoms with Crippen LogP contribution in [0.3, 0.4) is 0 Å². The molecule has 0 radical (unpaired) electrons. The normalized spacial score (nSPS) is 18.3. The van der Waals surface area contributed by atoms with E-state index in [2.05, 4.69) is 46.4 Å². The number of aromatic nitrogens is 3. The summed E-state index contributed by atoms with van der Waals surface area (Å²) < 4.78 is 0. The zero-order valence-corrected chi connectivity index (χ0v) is 13.2. The van der Waals surface area contributed by atoms with Crippen LogP contribution < -0.4 is 10.6 Å². The molecule has 0 aromatic carbocycles. The molecule has 0 aliphatic carbocycles. The summed E-state index contributed by atoms with van der Waals surface area (Å²) >= 11 is 1.46. The van der Waals surface area contributed by atoms with Gasteiger partial charge in [0.25, 0.3) is 0 Å². The first-order valence-corrected chi connectivity index (χ1v) is 7.83. The van der Waals surface area contributed by atoms with E-state index in [4.69, 9.17) is 0 Å². The Hall–Kier alpha value is -1.73. The summed E-state index contributed by atoms with van der Waals surface area (Å²) in [7, 11) is 0. The molecule has 3 rings (SSSR count). The minimum Gasteiger partial charge on any atom is -0.347 e. The molecule has 1 aliphatic heterocycles. The molecule has 3 N–H and O–H groups in total. The maximum Gasteiger partial charge on any atom is 0.243 e. The van der Waals surface area contributed by atoms with Crippen LogP contribution in [0.4, 0.5) is 5.13 Å². The van der Waals surface area contributed by atoms with Gasteiger partial charge in [-0.15, -0.1) is 11.3 Å². The van der Waals surface area contributed by atoms with Crippen LogP contribution in [0.2, 0.25) is 0 Å². The SMILES string of the molecule is CC(C)(C)c1csc(NC(=O)C2Cc3nc[nH]c3CN2)n1. The van der Waals surface area contributed by atoms with E-state index in [0.717, 1.165) is 17.1 Å². The Bertz CT molecular complexity index is 654. The lowest BCUT2D eigenvalue weighted by molar-refractivity contribution is -0.118. The predicted molar refractivity (Wildman–Crippen MR) is 82.4 cm³/mol. The zero-order chi connectivity index (χ0) is 15.0. The highest BCUT2D eigenvalue weighted by Gasteiger charge is 2.26. The van der Waals surface area contributed by atoms with Crippen molar-refractivity contribution in [1.82, 2.24) is 20.3 Å². The van der Waals surface area contributed by atoms with Gasteiger partial charge in [0.15, 0.2) is 5.13 Å². The number of hydrogen-bond acceptors (Lipinski definition) is 5. The third-order valence-electron chi connectivity index (χ3n) is 3.55. The van der Waals surface area contributed by atoms with Gasteiger partial charge in [0.1, 0.15) is 0 Å². The number of hydrogen-bond donors (Lipinski definition) is 3. The molecule has 0 fully saturated rings. The number of H-pyrrole nitrogens is 1. The lowest BCUT2D eigenvalue weighted by atomic mass is 9.93. The summed E-state index contributed by atoms with van der Waals surface area (Å²) in [5.74, 6) is -0.0570. The second kappa shape index (κ2) is 5.23. The lowest BCUT2D eigenvalue weighted by Crippen LogP contribution is -2.44. The fourth-order valence-electron chi connectivity index (χ4n) is 2.22. The molecule has 7 heteroatoms. The van der Waals surface area contributed by atoms with Crippen LogP contribution in [-0.2, 0) is 23.2 Å². The van der Waals surface area contributed by atoms with Gasteiger partial charge in [0, 0.05) is 23.8 Å². The Kier molecular flexibility index (Phi) is 3.54. The quantitative estimate of drug-likeness (QED) is 0.790. The van der Waals surface area contributed by atoms with Crippen molar-refractivity contribution in [2.75, 3.05) is 5.32 Å². The highest BCUT2D eigenvalue weighted by Crippen LogP contribution is 2.26. The van der Waals surface area contributed by atoms with Gasteiger partial charge in [0.05, 0.1) is 29.5 Å². The number of aromatic amines is 1. The van der Waals surface area contributed by atoms with Crippen molar-refractivity contribution in [1.29, 1.82) is 0 Å². The highest BCUT2D eigenvalue weighted by atomic mass is 32.1. The Morgan fingerprint density at radius 2 is 2.29 bits per heavy atom. The van der Waals surface area contributed by atoms with Crippen molar-refractivity contribution < 1.29 is 4.79 Å². The highest BCUT2D eigenvalue weighted by molar-refractivity contribution is 7.14. The number of carbonyl (C=O) groups is 1. The van der Waals surface area contributed by atoms with Gasteiger partial charge in [-0.05, 0) is 0 Å². The van der Waals surface area contributed by atoms with E-state index in [9.17, 15) is 4.79 Å². The summed E-state index contributed by atoms with van der Waals surface area (Å²) in [6.07, 6.45) is 2.27. The van der Waals surface area contributed by atoms with Crippen molar-refractivity contribution in [3.05, 3.63) is 28.8 Å². The van der Waals surface area contributed by atoms with Crippen LogP contribution in [-0.4, -0.2) is 26.9 Å². The molecule has 1 amide bonds. The van der Waals surface area contributed by atoms with Gasteiger partial charge in [0.2, 0.25) is 5.91 Å². The molecule has 1 unspecified atom stereocenters. The standard InChI is InChI=1S/C14H19N5OS/c1-14(2,3)11-6-21-13(18-11)19-12(20)9-4-8-10(5-15-9)17-7-16-8/h6-7,9,15H,4-5H2,1-3H3,(H,16,17)(H,18,19,20). The van der Waals surface area contributed by atoms with Crippen molar-refractivity contribution in [3.8, 4) is 0 Å². The van der Waals surface area contributed by atoms with Crippen molar-refractivity contribution in [2.45, 2.75) is 45.2 Å². The molecule has 112 valence electrons. The van der Waals surface area contributed by atoms with Crippen LogP contribution in [0.15, 0.2) is 11.7 Å². The average Bonchev–Trinajstić information content (AvgIpc) is 3.04. The number of imidazole rings is 1. The van der Waals surface area contributed by atoms with Crippen LogP contribution >= 0.6 is 11.3 Å². The molecule has 0 saturated heterocycles. The smallest absolute Gasteiger partial charge is 0.243 e. The summed E-state index contributed by atoms with van der Waals surface area (Å²) in [6.45, 7) is 6.96. The maximum absolute atomic E-state index is 12.3. The van der Waals surface area contributed by atoms with Gasteiger partial charge in [-0.25, -0.2) is 9.97 Å². The summed E-state index contributed by atoms with van der Waals surface area (Å²) in [5, 5.41) is 8.76. The minimum atomic E-state index is -0.261. The van der Waals surface area contributed by atoms with E-state index in [-0.39, 0.29) is 17.4 Å². The number of carbonyl (C=O) groups excluding carboxylic acids is 1. The molecule has 1 aliphatic rings. The summed E-state index contributed by atoms with van der Waals surface area (Å²) in [4.78, 5) is 24.1. The van der Waals surface area contributed by atoms with E-state index in [1.807, 2.05) is 5.38 Å². The van der Waals surface area contributed by atoms with Crippen molar-refractivity contribution in [3.63, 3.8) is 0 Å². The van der Waals surface area contributed by atoms with Gasteiger partial charge in [-0.3, -0.25) is 10.1 Å². The molecule has 1 atom stereocenters. The summed E-state index contributed by atoms with van der Waals surface area (Å²) in [6, 6.07) is -0.261. The second-order valence-corrected chi connectivity index (χ2v) is 7.10. The van der Waals surface area contributed by atoms with E-state index in [1.165, 1.54) is 11.3 Å². The lowest BCUT2D eigenvalue weighted by Gasteiger charge is -2.21. The first-order valence-electron chi connectivity index (χ1n) is 6.95. The van der Waals surface area contributed by atoms with Crippen LogP contribution in [0, 0.1) is 0 Å². The number of nitrogens with one attached hydrogen (secondary N) is 3. The van der Waals surface area contributed by atoms with Crippen LogP contribution in [0.1, 0.15) is 37.9 Å². The molecule has 6 nitrogen and oxygen atoms in total. The molecule has 21 heavy (non-hydrogen) atoms. The number of anilines is 1. The first kappa shape index (κ1) is 14.2. The van der Waals surface area contributed by atoms with Crippen LogP contribution in [0.5, 0.6) is 0 Å². The molecule has 0 saturated carbocycles. The van der Waals surface area contributed by atoms with Gasteiger partial charge < -0.3 is 10.3 Å². The molecule has 0 spiro atoms. The van der Waals surface area contributed by atoms with Crippen molar-refractivity contribution >= 4 is 22.4 Å². The number of fused-ring (bicyclic) bond motifs is 1. The minimum absolute atomic E-state index is 0.00743. The van der Waals surface area contributed by atoms with Gasteiger partial charge in [-0.2, -0.15) is 0 Å². The Balaban J connectivity index is 1.66.